The second kappa shape index (κ2) is 15.2. The first-order chi connectivity index (χ1) is 21.6. The molecule has 0 aliphatic heterocycles. The van der Waals surface area contributed by atoms with Gasteiger partial charge >= 0.3 is 11.9 Å². The van der Waals surface area contributed by atoms with E-state index < -0.39 is 18.4 Å². The third kappa shape index (κ3) is 8.70. The number of benzene rings is 2. The van der Waals surface area contributed by atoms with E-state index >= 15 is 0 Å². The number of rotatable bonds is 8. The van der Waals surface area contributed by atoms with Crippen molar-refractivity contribution in [1.82, 2.24) is 18.8 Å². The maximum atomic E-state index is 9.43. The number of aromatic nitrogens is 4. The van der Waals surface area contributed by atoms with Gasteiger partial charge in [-0.15, -0.1) is 0 Å². The highest BCUT2D eigenvalue weighted by molar-refractivity contribution is 5.88. The summed E-state index contributed by atoms with van der Waals surface area (Å²) in [5.41, 5.74) is 21.5. The summed E-state index contributed by atoms with van der Waals surface area (Å²) in [5.74, 6) is -1.08. The fourth-order valence-corrected chi connectivity index (χ4v) is 5.22. The number of nitrogen functional groups attached to an aromatic ring is 2. The predicted molar refractivity (Wildman–Crippen MR) is 176 cm³/mol. The fraction of sp³-hybridized carbons (Fsp3) is 0.200. The molecule has 6 aromatic rings. The molecule has 232 valence electrons. The monoisotopic (exact) mass is 606 g/mol. The molecule has 0 bridgehead atoms. The molecule has 0 saturated carbocycles. The predicted octanol–water partition coefficient (Wildman–Crippen LogP) is 5.57. The number of carboxylic acids is 2. The molecule has 10 heteroatoms. The van der Waals surface area contributed by atoms with Gasteiger partial charge in [0.05, 0.1) is 22.4 Å². The largest absolute Gasteiger partial charge is 0.481 e. The van der Waals surface area contributed by atoms with Gasteiger partial charge in [-0.3, -0.25) is 19.6 Å². The van der Waals surface area contributed by atoms with Crippen molar-refractivity contribution in [3.05, 3.63) is 131 Å². The smallest absolute Gasteiger partial charge is 0.314 e. The van der Waals surface area contributed by atoms with Gasteiger partial charge < -0.3 is 30.5 Å². The van der Waals surface area contributed by atoms with Crippen LogP contribution in [0.2, 0.25) is 0 Å². The molecule has 0 saturated heterocycles. The van der Waals surface area contributed by atoms with Gasteiger partial charge in [-0.25, -0.2) is 0 Å². The molecule has 6 N–H and O–H groups in total. The van der Waals surface area contributed by atoms with E-state index in [-0.39, 0.29) is 0 Å². The minimum atomic E-state index is -1.31. The molecule has 4 aromatic heterocycles. The Labute approximate surface area is 261 Å². The second-order valence-corrected chi connectivity index (χ2v) is 10.6. The van der Waals surface area contributed by atoms with Crippen LogP contribution >= 0.6 is 0 Å². The average Bonchev–Trinajstić information content (AvgIpc) is 3.49. The third-order valence-electron chi connectivity index (χ3n) is 7.24. The number of hydrogen-bond donors (Lipinski definition) is 4. The second-order valence-electron chi connectivity index (χ2n) is 10.6. The summed E-state index contributed by atoms with van der Waals surface area (Å²) in [5, 5.41) is 15.4. The van der Waals surface area contributed by atoms with Crippen molar-refractivity contribution in [2.24, 2.45) is 0 Å². The summed E-state index contributed by atoms with van der Waals surface area (Å²) in [6.45, 7) is 4.17. The van der Waals surface area contributed by atoms with E-state index in [9.17, 15) is 9.59 Å². The molecule has 0 atom stereocenters. The van der Waals surface area contributed by atoms with Gasteiger partial charge in [-0.2, -0.15) is 0 Å². The van der Waals surface area contributed by atoms with Crippen molar-refractivity contribution in [1.29, 1.82) is 0 Å². The van der Waals surface area contributed by atoms with Crippen LogP contribution in [0.25, 0.3) is 11.0 Å². The average molecular weight is 607 g/mol. The van der Waals surface area contributed by atoms with Gasteiger partial charge in [0.25, 0.3) is 0 Å². The van der Waals surface area contributed by atoms with Crippen LogP contribution in [-0.4, -0.2) is 40.9 Å². The van der Waals surface area contributed by atoms with Crippen molar-refractivity contribution in [2.75, 3.05) is 11.5 Å². The number of fused-ring (bicyclic) bond motifs is 2. The molecule has 0 radical (unpaired) electrons. The first-order valence-corrected chi connectivity index (χ1v) is 14.6. The lowest BCUT2D eigenvalue weighted by Gasteiger charge is -2.06. The van der Waals surface area contributed by atoms with Gasteiger partial charge in [0, 0.05) is 24.8 Å². The van der Waals surface area contributed by atoms with Gasteiger partial charge in [0.15, 0.2) is 0 Å². The summed E-state index contributed by atoms with van der Waals surface area (Å²) in [6, 6.07) is 25.0. The van der Waals surface area contributed by atoms with Crippen LogP contribution in [0.5, 0.6) is 0 Å². The lowest BCUT2D eigenvalue weighted by atomic mass is 10.1. The lowest BCUT2D eigenvalue weighted by Crippen LogP contribution is -2.03. The standard InChI is InChI=1S/2C16H17N3.C3H4O4/c2*1-12-11-15(17)19-10-9-18-14(16(12)19)8-7-13-5-3-2-4-6-13;4-2(5)1-3(6)7/h2*2-6,9-11H,7-8,17H2,1H3;1H2,(H,4,5)(H,6,7). The molecule has 45 heavy (non-hydrogen) atoms. The van der Waals surface area contributed by atoms with Crippen LogP contribution in [0, 0.1) is 13.8 Å². The van der Waals surface area contributed by atoms with E-state index in [0.29, 0.717) is 0 Å². The number of aryl methyl sites for hydroxylation is 6. The minimum absolute atomic E-state index is 0.774. The van der Waals surface area contributed by atoms with E-state index in [1.165, 1.54) is 22.3 Å². The highest BCUT2D eigenvalue weighted by Crippen LogP contribution is 2.22. The van der Waals surface area contributed by atoms with E-state index in [2.05, 4.69) is 72.3 Å². The molecule has 10 nitrogen and oxygen atoms in total. The number of anilines is 2. The lowest BCUT2D eigenvalue weighted by molar-refractivity contribution is -0.147. The van der Waals surface area contributed by atoms with Crippen molar-refractivity contribution in [3.8, 4) is 0 Å². The first kappa shape index (κ1) is 32.3. The molecule has 0 fully saturated rings. The Bertz CT molecular complexity index is 1740. The molecular formula is C35H38N6O4. The minimum Gasteiger partial charge on any atom is -0.481 e. The zero-order valence-electron chi connectivity index (χ0n) is 25.4. The topological polar surface area (TPSA) is 161 Å². The maximum Gasteiger partial charge on any atom is 0.314 e. The Morgan fingerprint density at radius 3 is 1.36 bits per heavy atom. The Hall–Kier alpha value is -5.64. The number of hydrogen-bond acceptors (Lipinski definition) is 6. The van der Waals surface area contributed by atoms with Crippen LogP contribution in [0.4, 0.5) is 11.6 Å². The number of carbonyl (C=O) groups is 2. The van der Waals surface area contributed by atoms with Crippen molar-refractivity contribution in [2.45, 2.75) is 46.0 Å². The highest BCUT2D eigenvalue weighted by atomic mass is 16.4. The normalized spacial score (nSPS) is 10.5. The molecule has 6 rings (SSSR count). The van der Waals surface area contributed by atoms with Crippen molar-refractivity contribution >= 4 is 34.6 Å². The molecule has 0 aliphatic rings. The summed E-state index contributed by atoms with van der Waals surface area (Å²) >= 11 is 0. The summed E-state index contributed by atoms with van der Waals surface area (Å²) in [7, 11) is 0. The zero-order chi connectivity index (χ0) is 32.3. The van der Waals surface area contributed by atoms with Gasteiger partial charge in [-0.05, 0) is 73.9 Å². The summed E-state index contributed by atoms with van der Waals surface area (Å²) < 4.78 is 4.03. The zero-order valence-corrected chi connectivity index (χ0v) is 25.4. The summed E-state index contributed by atoms with van der Waals surface area (Å²) in [4.78, 5) is 27.9. The third-order valence-corrected chi connectivity index (χ3v) is 7.24. The molecule has 0 amide bonds. The van der Waals surface area contributed by atoms with Gasteiger partial charge in [-0.1, -0.05) is 60.7 Å². The molecule has 0 spiro atoms. The number of nitrogens with two attached hydrogens (primary N) is 2. The number of nitrogens with zero attached hydrogens (tertiary/aromatic N) is 4. The van der Waals surface area contributed by atoms with Crippen molar-refractivity contribution in [3.63, 3.8) is 0 Å². The Kier molecular flexibility index (Phi) is 10.9. The highest BCUT2D eigenvalue weighted by Gasteiger charge is 2.10. The molecule has 2 aromatic carbocycles. The van der Waals surface area contributed by atoms with E-state index in [1.54, 1.807) is 0 Å². The Morgan fingerprint density at radius 2 is 1.02 bits per heavy atom. The number of aliphatic carboxylic acids is 2. The van der Waals surface area contributed by atoms with E-state index in [1.807, 2.05) is 57.9 Å². The van der Waals surface area contributed by atoms with Crippen LogP contribution in [0.3, 0.4) is 0 Å². The van der Waals surface area contributed by atoms with Crippen LogP contribution in [0.15, 0.2) is 97.6 Å². The van der Waals surface area contributed by atoms with E-state index in [4.69, 9.17) is 21.7 Å². The molecular weight excluding hydrogens is 568 g/mol. The molecule has 4 heterocycles. The van der Waals surface area contributed by atoms with Crippen molar-refractivity contribution < 1.29 is 19.8 Å². The maximum absolute atomic E-state index is 9.43. The van der Waals surface area contributed by atoms with Crippen LogP contribution in [-0.2, 0) is 35.3 Å². The van der Waals surface area contributed by atoms with Gasteiger partial charge in [0.2, 0.25) is 0 Å². The summed E-state index contributed by atoms with van der Waals surface area (Å²) in [6.07, 6.45) is 10.5. The van der Waals surface area contributed by atoms with Crippen LogP contribution in [0.1, 0.15) is 40.1 Å². The van der Waals surface area contributed by atoms with Gasteiger partial charge in [0.1, 0.15) is 18.1 Å². The molecule has 0 aliphatic carbocycles. The first-order valence-electron chi connectivity index (χ1n) is 14.6. The van der Waals surface area contributed by atoms with E-state index in [0.717, 1.165) is 59.7 Å². The fourth-order valence-electron chi connectivity index (χ4n) is 5.22. The Balaban J connectivity index is 0.000000170. The Morgan fingerprint density at radius 1 is 0.644 bits per heavy atom. The van der Waals surface area contributed by atoms with Crippen LogP contribution < -0.4 is 11.5 Å². The number of carboxylic acid groups (broad SMARTS) is 2. The quantitative estimate of drug-likeness (QED) is 0.164. The SMILES string of the molecule is Cc1cc(N)n2ccnc(CCc3ccccc3)c12.Cc1cc(N)n2ccnc(CCc3ccccc3)c12.O=C(O)CC(=O)O. The molecule has 0 unspecified atom stereocenters.